The zero-order valence-corrected chi connectivity index (χ0v) is 10.4. The molecule has 16 heavy (non-hydrogen) atoms. The Balaban J connectivity index is 2.06. The van der Waals surface area contributed by atoms with E-state index in [-0.39, 0.29) is 11.7 Å². The lowest BCUT2D eigenvalue weighted by molar-refractivity contribution is 0.0863. The molecule has 1 aliphatic carbocycles. The molecule has 2 unspecified atom stereocenters. The molecule has 88 valence electrons. The minimum atomic E-state index is 0.191. The standard InChI is InChI=1S/C12H18N2OS/c1-8-3-2-4-9(5-8)12(15)10-7-16-11(6-13)14-10/h7-9H,2-6,13H2,1H3. The van der Waals surface area contributed by atoms with Gasteiger partial charge >= 0.3 is 0 Å². The van der Waals surface area contributed by atoms with Crippen LogP contribution in [0.3, 0.4) is 0 Å². The van der Waals surface area contributed by atoms with Crippen LogP contribution < -0.4 is 5.73 Å². The van der Waals surface area contributed by atoms with Crippen molar-refractivity contribution in [2.75, 3.05) is 0 Å². The summed E-state index contributed by atoms with van der Waals surface area (Å²) in [7, 11) is 0. The first-order valence-corrected chi connectivity index (χ1v) is 6.77. The molecule has 1 aliphatic rings. The van der Waals surface area contributed by atoms with Crippen molar-refractivity contribution in [1.82, 2.24) is 4.98 Å². The second kappa shape index (κ2) is 5.06. The highest BCUT2D eigenvalue weighted by Crippen LogP contribution is 2.31. The number of thiazole rings is 1. The third kappa shape index (κ3) is 2.50. The topological polar surface area (TPSA) is 56.0 Å². The van der Waals surface area contributed by atoms with Gasteiger partial charge in [0.1, 0.15) is 10.7 Å². The van der Waals surface area contributed by atoms with Crippen molar-refractivity contribution in [3.63, 3.8) is 0 Å². The molecule has 0 saturated heterocycles. The lowest BCUT2D eigenvalue weighted by Crippen LogP contribution is -2.22. The van der Waals surface area contributed by atoms with E-state index < -0.39 is 0 Å². The van der Waals surface area contributed by atoms with Crippen molar-refractivity contribution in [1.29, 1.82) is 0 Å². The molecule has 2 atom stereocenters. The summed E-state index contributed by atoms with van der Waals surface area (Å²) >= 11 is 1.49. The van der Waals surface area contributed by atoms with Crippen LogP contribution in [0.2, 0.25) is 0 Å². The van der Waals surface area contributed by atoms with Gasteiger partial charge in [-0.15, -0.1) is 11.3 Å². The molecule has 4 heteroatoms. The normalized spacial score (nSPS) is 25.6. The van der Waals surface area contributed by atoms with Gasteiger partial charge in [-0.3, -0.25) is 4.79 Å². The Labute approximate surface area is 100 Å². The van der Waals surface area contributed by atoms with E-state index in [0.29, 0.717) is 18.2 Å². The highest BCUT2D eigenvalue weighted by Gasteiger charge is 2.27. The fourth-order valence-corrected chi connectivity index (χ4v) is 3.06. The number of hydrogen-bond acceptors (Lipinski definition) is 4. The predicted molar refractivity (Wildman–Crippen MR) is 65.5 cm³/mol. The van der Waals surface area contributed by atoms with Gasteiger partial charge in [-0.2, -0.15) is 0 Å². The number of carbonyl (C=O) groups is 1. The molecule has 2 rings (SSSR count). The Bertz CT molecular complexity index is 375. The van der Waals surface area contributed by atoms with Crippen LogP contribution in [0.25, 0.3) is 0 Å². The van der Waals surface area contributed by atoms with Crippen LogP contribution in [0.15, 0.2) is 5.38 Å². The van der Waals surface area contributed by atoms with Gasteiger partial charge in [0.2, 0.25) is 0 Å². The monoisotopic (exact) mass is 238 g/mol. The Hall–Kier alpha value is -0.740. The van der Waals surface area contributed by atoms with Crippen molar-refractivity contribution in [3.05, 3.63) is 16.1 Å². The fraction of sp³-hybridized carbons (Fsp3) is 0.667. The van der Waals surface area contributed by atoms with Crippen LogP contribution in [-0.2, 0) is 6.54 Å². The summed E-state index contributed by atoms with van der Waals surface area (Å²) in [4.78, 5) is 16.5. The highest BCUT2D eigenvalue weighted by molar-refractivity contribution is 7.09. The Kier molecular flexibility index (Phi) is 3.71. The van der Waals surface area contributed by atoms with Gasteiger partial charge in [-0.25, -0.2) is 4.98 Å². The summed E-state index contributed by atoms with van der Waals surface area (Å²) in [5.74, 6) is 1.09. The van der Waals surface area contributed by atoms with E-state index in [1.165, 1.54) is 24.2 Å². The van der Waals surface area contributed by atoms with Gasteiger partial charge in [0.25, 0.3) is 0 Å². The van der Waals surface area contributed by atoms with E-state index in [0.717, 1.165) is 17.8 Å². The second-order valence-corrected chi connectivity index (χ2v) is 5.61. The van der Waals surface area contributed by atoms with Gasteiger partial charge in [-0.1, -0.05) is 19.8 Å². The molecule has 0 amide bonds. The van der Waals surface area contributed by atoms with Gasteiger partial charge < -0.3 is 5.73 Å². The lowest BCUT2D eigenvalue weighted by Gasteiger charge is -2.24. The molecule has 0 aromatic carbocycles. The summed E-state index contributed by atoms with van der Waals surface area (Å²) in [5, 5.41) is 2.70. The molecular weight excluding hydrogens is 220 g/mol. The number of ketones is 1. The molecule has 1 heterocycles. The number of nitrogens with zero attached hydrogens (tertiary/aromatic N) is 1. The average Bonchev–Trinajstić information content (AvgIpc) is 2.76. The molecule has 2 N–H and O–H groups in total. The molecule has 1 fully saturated rings. The molecule has 1 aromatic rings. The molecule has 0 bridgehead atoms. The summed E-state index contributed by atoms with van der Waals surface area (Å²) in [5.41, 5.74) is 6.13. The number of aromatic nitrogens is 1. The van der Waals surface area contributed by atoms with Crippen molar-refractivity contribution < 1.29 is 4.79 Å². The summed E-state index contributed by atoms with van der Waals surface area (Å²) < 4.78 is 0. The van der Waals surface area contributed by atoms with Crippen LogP contribution >= 0.6 is 11.3 Å². The van der Waals surface area contributed by atoms with Crippen molar-refractivity contribution in [2.24, 2.45) is 17.6 Å². The zero-order valence-electron chi connectivity index (χ0n) is 9.61. The third-order valence-corrected chi connectivity index (χ3v) is 4.16. The first-order chi connectivity index (χ1) is 7.70. The van der Waals surface area contributed by atoms with Crippen LogP contribution in [-0.4, -0.2) is 10.8 Å². The number of hydrogen-bond donors (Lipinski definition) is 1. The predicted octanol–water partition coefficient (Wildman–Crippen LogP) is 2.61. The van der Waals surface area contributed by atoms with E-state index in [2.05, 4.69) is 11.9 Å². The summed E-state index contributed by atoms with van der Waals surface area (Å²) in [6, 6.07) is 0. The number of carbonyl (C=O) groups excluding carboxylic acids is 1. The molecule has 1 aromatic heterocycles. The molecule has 1 saturated carbocycles. The maximum absolute atomic E-state index is 12.2. The molecule has 3 nitrogen and oxygen atoms in total. The zero-order chi connectivity index (χ0) is 11.5. The van der Waals surface area contributed by atoms with Gasteiger partial charge in [0.05, 0.1) is 0 Å². The van der Waals surface area contributed by atoms with E-state index in [9.17, 15) is 4.79 Å². The van der Waals surface area contributed by atoms with Crippen molar-refractivity contribution in [3.8, 4) is 0 Å². The summed E-state index contributed by atoms with van der Waals surface area (Å²) in [6.45, 7) is 2.66. The van der Waals surface area contributed by atoms with E-state index in [1.54, 1.807) is 0 Å². The minimum Gasteiger partial charge on any atom is -0.325 e. The maximum Gasteiger partial charge on any atom is 0.185 e. The number of rotatable bonds is 3. The van der Waals surface area contributed by atoms with Gasteiger partial charge in [0.15, 0.2) is 5.78 Å². The van der Waals surface area contributed by atoms with E-state index in [4.69, 9.17) is 5.73 Å². The van der Waals surface area contributed by atoms with Crippen LogP contribution in [0.5, 0.6) is 0 Å². The first-order valence-electron chi connectivity index (χ1n) is 5.89. The second-order valence-electron chi connectivity index (χ2n) is 4.66. The van der Waals surface area contributed by atoms with Crippen LogP contribution in [0.1, 0.15) is 48.1 Å². The van der Waals surface area contributed by atoms with Gasteiger partial charge in [0, 0.05) is 17.8 Å². The highest BCUT2D eigenvalue weighted by atomic mass is 32.1. The lowest BCUT2D eigenvalue weighted by atomic mass is 9.80. The fourth-order valence-electron chi connectivity index (χ4n) is 2.40. The smallest absolute Gasteiger partial charge is 0.185 e. The largest absolute Gasteiger partial charge is 0.325 e. The molecule has 0 spiro atoms. The third-order valence-electron chi connectivity index (χ3n) is 3.29. The van der Waals surface area contributed by atoms with Gasteiger partial charge in [-0.05, 0) is 18.8 Å². The van der Waals surface area contributed by atoms with E-state index >= 15 is 0 Å². The minimum absolute atomic E-state index is 0.191. The maximum atomic E-state index is 12.2. The van der Waals surface area contributed by atoms with Crippen molar-refractivity contribution >= 4 is 17.1 Å². The van der Waals surface area contributed by atoms with Crippen LogP contribution in [0.4, 0.5) is 0 Å². The van der Waals surface area contributed by atoms with Crippen LogP contribution in [0, 0.1) is 11.8 Å². The molecule has 0 aliphatic heterocycles. The SMILES string of the molecule is CC1CCCC(C(=O)c2csc(CN)n2)C1. The van der Waals surface area contributed by atoms with Crippen molar-refractivity contribution in [2.45, 2.75) is 39.2 Å². The summed E-state index contributed by atoms with van der Waals surface area (Å²) in [6.07, 6.45) is 4.48. The number of nitrogens with two attached hydrogens (primary N) is 1. The Morgan fingerprint density at radius 3 is 3.06 bits per heavy atom. The quantitative estimate of drug-likeness (QED) is 0.823. The molecule has 0 radical (unpaired) electrons. The van der Waals surface area contributed by atoms with E-state index in [1.807, 2.05) is 5.38 Å². The first kappa shape index (κ1) is 11.7. The Morgan fingerprint density at radius 2 is 2.44 bits per heavy atom. The average molecular weight is 238 g/mol. The Morgan fingerprint density at radius 1 is 1.62 bits per heavy atom. The number of Topliss-reactive ketones (excluding diaryl/α,β-unsaturated/α-hetero) is 1. The molecular formula is C12H18N2OS.